The number of aliphatic hydroxyl groups is 2. The van der Waals surface area contributed by atoms with E-state index in [2.05, 4.69) is 29.0 Å². The molecule has 0 bridgehead atoms. The van der Waals surface area contributed by atoms with Crippen LogP contribution in [0.1, 0.15) is 20.8 Å². The molecule has 0 aromatic heterocycles. The first kappa shape index (κ1) is 22.0. The number of hydrogen-bond acceptors (Lipinski definition) is 6. The highest BCUT2D eigenvalue weighted by molar-refractivity contribution is 4.69. The van der Waals surface area contributed by atoms with Crippen LogP contribution in [0.15, 0.2) is 0 Å². The number of aliphatic hydroxyl groups excluding tert-OH is 2. The van der Waals surface area contributed by atoms with E-state index in [-0.39, 0.29) is 13.2 Å². The summed E-state index contributed by atoms with van der Waals surface area (Å²) in [5.74, 6) is 0. The van der Waals surface area contributed by atoms with Gasteiger partial charge in [-0.3, -0.25) is 0 Å². The highest BCUT2D eigenvalue weighted by atomic mass is 16.3. The lowest BCUT2D eigenvalue weighted by molar-refractivity contribution is 0.142. The topological polar surface area (TPSA) is 85.0 Å². The average Bonchev–Trinajstić information content (AvgIpc) is 2.49. The van der Waals surface area contributed by atoms with Crippen LogP contribution in [0.25, 0.3) is 0 Å². The van der Waals surface area contributed by atoms with E-state index in [4.69, 9.17) is 15.9 Å². The summed E-state index contributed by atoms with van der Waals surface area (Å²) >= 11 is 0. The first-order chi connectivity index (χ1) is 9.69. The van der Waals surface area contributed by atoms with Crippen LogP contribution in [0.5, 0.6) is 0 Å². The molecular weight excluding hydrogens is 256 g/mol. The average molecular weight is 292 g/mol. The molecule has 1 heterocycles. The molecule has 0 amide bonds. The van der Waals surface area contributed by atoms with Gasteiger partial charge in [-0.05, 0) is 20.0 Å². The Balaban J connectivity index is 0. The fourth-order valence-corrected chi connectivity index (χ4v) is 1.73. The monoisotopic (exact) mass is 292 g/mol. The van der Waals surface area contributed by atoms with Crippen molar-refractivity contribution < 1.29 is 10.2 Å². The quantitative estimate of drug-likeness (QED) is 0.478. The van der Waals surface area contributed by atoms with Crippen molar-refractivity contribution in [1.82, 2.24) is 15.1 Å². The maximum atomic E-state index is 8.19. The zero-order valence-corrected chi connectivity index (χ0v) is 13.6. The van der Waals surface area contributed by atoms with Gasteiger partial charge < -0.3 is 31.1 Å². The molecule has 20 heavy (non-hydrogen) atoms. The Morgan fingerprint density at radius 1 is 0.900 bits per heavy atom. The Morgan fingerprint density at radius 3 is 1.55 bits per heavy atom. The third kappa shape index (κ3) is 15.8. The van der Waals surface area contributed by atoms with Crippen molar-refractivity contribution in [2.75, 3.05) is 72.1 Å². The summed E-state index contributed by atoms with van der Waals surface area (Å²) in [6.07, 6.45) is 0. The van der Waals surface area contributed by atoms with Crippen LogP contribution in [0.4, 0.5) is 0 Å². The first-order valence-electron chi connectivity index (χ1n) is 7.77. The van der Waals surface area contributed by atoms with E-state index in [1.807, 2.05) is 0 Å². The van der Waals surface area contributed by atoms with Crippen molar-refractivity contribution in [1.29, 1.82) is 0 Å². The van der Waals surface area contributed by atoms with E-state index in [1.54, 1.807) is 6.92 Å². The molecule has 0 saturated carbocycles. The smallest absolute Gasteiger partial charge is 0.0555 e. The number of nitrogens with zero attached hydrogens (tertiary/aromatic N) is 2. The summed E-state index contributed by atoms with van der Waals surface area (Å²) < 4.78 is 0. The SMILES string of the molecule is CCN1CCN(CC)CC1.CCO.NCCNCCO. The fraction of sp³-hybridized carbons (Fsp3) is 1.00. The molecule has 0 aliphatic carbocycles. The van der Waals surface area contributed by atoms with E-state index in [9.17, 15) is 0 Å². The molecule has 0 unspecified atom stereocenters. The summed E-state index contributed by atoms with van der Waals surface area (Å²) in [4.78, 5) is 5.01. The minimum absolute atomic E-state index is 0.194. The second kappa shape index (κ2) is 18.8. The number of nitrogens with two attached hydrogens (primary N) is 1. The zero-order valence-electron chi connectivity index (χ0n) is 13.6. The van der Waals surface area contributed by atoms with Crippen LogP contribution in [-0.2, 0) is 0 Å². The number of rotatable bonds is 6. The Hall–Kier alpha value is -0.240. The van der Waals surface area contributed by atoms with Gasteiger partial charge in [-0.2, -0.15) is 0 Å². The van der Waals surface area contributed by atoms with Crippen LogP contribution in [0.3, 0.4) is 0 Å². The van der Waals surface area contributed by atoms with Gasteiger partial charge in [0.1, 0.15) is 0 Å². The van der Waals surface area contributed by atoms with Crippen LogP contribution in [-0.4, -0.2) is 92.1 Å². The number of nitrogens with one attached hydrogen (secondary N) is 1. The maximum Gasteiger partial charge on any atom is 0.0555 e. The van der Waals surface area contributed by atoms with Crippen LogP contribution < -0.4 is 11.1 Å². The van der Waals surface area contributed by atoms with Gasteiger partial charge >= 0.3 is 0 Å². The van der Waals surface area contributed by atoms with Crippen molar-refractivity contribution in [2.24, 2.45) is 5.73 Å². The summed E-state index contributed by atoms with van der Waals surface area (Å²) in [5, 5.41) is 18.7. The predicted octanol–water partition coefficient (Wildman–Crippen LogP) is -0.831. The van der Waals surface area contributed by atoms with E-state index in [1.165, 1.54) is 39.3 Å². The van der Waals surface area contributed by atoms with Gasteiger partial charge in [0.15, 0.2) is 0 Å². The Morgan fingerprint density at radius 2 is 1.30 bits per heavy atom. The molecule has 0 aromatic rings. The maximum absolute atomic E-state index is 8.19. The van der Waals surface area contributed by atoms with Crippen LogP contribution in [0, 0.1) is 0 Å². The van der Waals surface area contributed by atoms with Crippen molar-refractivity contribution in [3.8, 4) is 0 Å². The molecule has 6 heteroatoms. The van der Waals surface area contributed by atoms with Crippen molar-refractivity contribution in [3.05, 3.63) is 0 Å². The molecule has 0 atom stereocenters. The van der Waals surface area contributed by atoms with Gasteiger partial charge in [-0.25, -0.2) is 0 Å². The van der Waals surface area contributed by atoms with Crippen molar-refractivity contribution in [3.63, 3.8) is 0 Å². The lowest BCUT2D eigenvalue weighted by Gasteiger charge is -2.33. The normalized spacial score (nSPS) is 15.9. The van der Waals surface area contributed by atoms with Gasteiger partial charge in [0.2, 0.25) is 0 Å². The second-order valence-electron chi connectivity index (χ2n) is 4.45. The molecule has 124 valence electrons. The van der Waals surface area contributed by atoms with E-state index >= 15 is 0 Å². The Labute approximate surface area is 124 Å². The predicted molar refractivity (Wildman–Crippen MR) is 86.0 cm³/mol. The lowest BCUT2D eigenvalue weighted by Crippen LogP contribution is -2.45. The zero-order chi connectivity index (χ0) is 15.6. The number of likely N-dealkylation sites (N-methyl/N-ethyl adjacent to an activating group) is 2. The Bertz CT molecular complexity index is 149. The molecule has 1 aliphatic heterocycles. The highest BCUT2D eigenvalue weighted by Gasteiger charge is 2.12. The van der Waals surface area contributed by atoms with Gasteiger partial charge in [0, 0.05) is 52.4 Å². The standard InChI is InChI=1S/C8H18N2.C4H12N2O.C2H6O/c1-3-9-5-7-10(4-2)8-6-9;5-1-2-6-3-4-7;1-2-3/h3-8H2,1-2H3;6-7H,1-5H2;3H,2H2,1H3. The lowest BCUT2D eigenvalue weighted by atomic mass is 10.3. The fourth-order valence-electron chi connectivity index (χ4n) is 1.73. The number of hydrogen-bond donors (Lipinski definition) is 4. The molecule has 0 aromatic carbocycles. The molecule has 1 aliphatic rings. The first-order valence-corrected chi connectivity index (χ1v) is 7.77. The molecule has 1 rings (SSSR count). The largest absolute Gasteiger partial charge is 0.397 e. The highest BCUT2D eigenvalue weighted by Crippen LogP contribution is 1.99. The minimum Gasteiger partial charge on any atom is -0.397 e. The molecule has 1 fully saturated rings. The summed E-state index contributed by atoms with van der Waals surface area (Å²) in [7, 11) is 0. The second-order valence-corrected chi connectivity index (χ2v) is 4.45. The van der Waals surface area contributed by atoms with E-state index < -0.39 is 0 Å². The third-order valence-electron chi connectivity index (χ3n) is 2.97. The Kier molecular flexibility index (Phi) is 20.7. The third-order valence-corrected chi connectivity index (χ3v) is 2.97. The molecule has 1 saturated heterocycles. The molecule has 0 radical (unpaired) electrons. The van der Waals surface area contributed by atoms with Crippen LogP contribution >= 0.6 is 0 Å². The minimum atomic E-state index is 0.194. The van der Waals surface area contributed by atoms with Gasteiger partial charge in [-0.15, -0.1) is 0 Å². The molecule has 6 nitrogen and oxygen atoms in total. The summed E-state index contributed by atoms with van der Waals surface area (Å²) in [6.45, 7) is 16.2. The molecule has 0 spiro atoms. The summed E-state index contributed by atoms with van der Waals surface area (Å²) in [6, 6.07) is 0. The van der Waals surface area contributed by atoms with Crippen LogP contribution in [0.2, 0.25) is 0 Å². The van der Waals surface area contributed by atoms with E-state index in [0.29, 0.717) is 13.1 Å². The van der Waals surface area contributed by atoms with Gasteiger partial charge in [0.25, 0.3) is 0 Å². The molecular formula is C14H36N4O2. The number of piperazine rings is 1. The van der Waals surface area contributed by atoms with Gasteiger partial charge in [0.05, 0.1) is 6.61 Å². The van der Waals surface area contributed by atoms with Gasteiger partial charge in [-0.1, -0.05) is 13.8 Å². The summed E-state index contributed by atoms with van der Waals surface area (Å²) in [5.41, 5.74) is 5.13. The van der Waals surface area contributed by atoms with Crippen molar-refractivity contribution in [2.45, 2.75) is 20.8 Å². The molecule has 5 N–H and O–H groups in total. The van der Waals surface area contributed by atoms with E-state index in [0.717, 1.165) is 6.54 Å². The van der Waals surface area contributed by atoms with Crippen molar-refractivity contribution >= 4 is 0 Å².